The lowest BCUT2D eigenvalue weighted by Crippen LogP contribution is -2.34. The van der Waals surface area contributed by atoms with Gasteiger partial charge < -0.3 is 19.2 Å². The van der Waals surface area contributed by atoms with Crippen molar-refractivity contribution in [3.63, 3.8) is 0 Å². The molecule has 2 aromatic carbocycles. The maximum Gasteiger partial charge on any atom is 0.290 e. The number of fused-ring (bicyclic) bond motifs is 1. The summed E-state index contributed by atoms with van der Waals surface area (Å²) in [6, 6.07) is 14.0. The highest BCUT2D eigenvalue weighted by Crippen LogP contribution is 2.39. The standard InChI is InChI=1S/C24H22BrNO5/c1-3-14-4-6-15(7-5-14)21-20(23(28)24(29)26(21)10-11-30-2)22(27)19-13-16-12-17(25)8-9-18(16)31-19/h4-9,12-13,21,28H,3,10-11H2,1-2H3. The first kappa shape index (κ1) is 21.3. The number of nitrogens with zero attached hydrogens (tertiary/aromatic N) is 1. The number of aryl methyl sites for hydroxylation is 1. The lowest BCUT2D eigenvalue weighted by molar-refractivity contribution is -0.130. The van der Waals surface area contributed by atoms with Crippen LogP contribution in [0.4, 0.5) is 0 Å². The molecule has 1 aliphatic heterocycles. The Bertz CT molecular complexity index is 1180. The number of methoxy groups -OCH3 is 1. The van der Waals surface area contributed by atoms with Gasteiger partial charge in [0.25, 0.3) is 5.91 Å². The predicted octanol–water partition coefficient (Wildman–Crippen LogP) is 4.98. The smallest absolute Gasteiger partial charge is 0.290 e. The van der Waals surface area contributed by atoms with Gasteiger partial charge in [0.15, 0.2) is 11.5 Å². The summed E-state index contributed by atoms with van der Waals surface area (Å²) in [7, 11) is 1.54. The summed E-state index contributed by atoms with van der Waals surface area (Å²) in [5.41, 5.74) is 2.45. The second-order valence-electron chi connectivity index (χ2n) is 7.37. The van der Waals surface area contributed by atoms with Gasteiger partial charge in [-0.2, -0.15) is 0 Å². The first-order valence-electron chi connectivity index (χ1n) is 10.00. The quantitative estimate of drug-likeness (QED) is 0.479. The Hall–Kier alpha value is -2.90. The van der Waals surface area contributed by atoms with E-state index >= 15 is 0 Å². The Morgan fingerprint density at radius 2 is 1.94 bits per heavy atom. The Labute approximate surface area is 188 Å². The summed E-state index contributed by atoms with van der Waals surface area (Å²) in [4.78, 5) is 27.8. The van der Waals surface area contributed by atoms with Gasteiger partial charge in [-0.15, -0.1) is 0 Å². The van der Waals surface area contributed by atoms with Crippen molar-refractivity contribution in [3.05, 3.63) is 81.2 Å². The van der Waals surface area contributed by atoms with Gasteiger partial charge in [0.1, 0.15) is 5.58 Å². The number of carbonyl (C=O) groups is 2. The average molecular weight is 484 g/mol. The number of furan rings is 1. The number of hydrogen-bond acceptors (Lipinski definition) is 5. The van der Waals surface area contributed by atoms with E-state index in [1.54, 1.807) is 12.1 Å². The first-order chi connectivity index (χ1) is 14.9. The summed E-state index contributed by atoms with van der Waals surface area (Å²) in [5.74, 6) is -1.58. The van der Waals surface area contributed by atoms with E-state index in [1.165, 1.54) is 12.0 Å². The lowest BCUT2D eigenvalue weighted by atomic mass is 9.94. The van der Waals surface area contributed by atoms with E-state index in [0.717, 1.165) is 27.4 Å². The number of ether oxygens (including phenoxy) is 1. The number of benzene rings is 2. The van der Waals surface area contributed by atoms with E-state index in [0.29, 0.717) is 5.58 Å². The molecule has 0 spiro atoms. The second-order valence-corrected chi connectivity index (χ2v) is 8.29. The van der Waals surface area contributed by atoms with Crippen LogP contribution in [0.2, 0.25) is 0 Å². The summed E-state index contributed by atoms with van der Waals surface area (Å²) in [5, 5.41) is 11.4. The Kier molecular flexibility index (Phi) is 5.98. The molecule has 1 N–H and O–H groups in total. The maximum atomic E-state index is 13.5. The Morgan fingerprint density at radius 3 is 2.61 bits per heavy atom. The highest BCUT2D eigenvalue weighted by molar-refractivity contribution is 9.10. The van der Waals surface area contributed by atoms with Crippen molar-refractivity contribution in [2.75, 3.05) is 20.3 Å². The van der Waals surface area contributed by atoms with Gasteiger partial charge in [-0.25, -0.2) is 0 Å². The molecule has 1 aromatic heterocycles. The molecule has 0 saturated heterocycles. The Morgan fingerprint density at radius 1 is 1.19 bits per heavy atom. The average Bonchev–Trinajstić information content (AvgIpc) is 3.30. The van der Waals surface area contributed by atoms with E-state index < -0.39 is 23.5 Å². The van der Waals surface area contributed by atoms with E-state index in [1.807, 2.05) is 36.4 Å². The minimum absolute atomic E-state index is 0.0171. The van der Waals surface area contributed by atoms with E-state index in [9.17, 15) is 14.7 Å². The summed E-state index contributed by atoms with van der Waals surface area (Å²) in [6.07, 6.45) is 0.874. The molecule has 4 rings (SSSR count). The molecule has 0 saturated carbocycles. The number of Topliss-reactive ketones (excluding diaryl/α,β-unsaturated/α-hetero) is 1. The van der Waals surface area contributed by atoms with Crippen molar-refractivity contribution in [3.8, 4) is 0 Å². The number of carbonyl (C=O) groups excluding carboxylic acids is 2. The molecule has 0 radical (unpaired) electrons. The van der Waals surface area contributed by atoms with Crippen LogP contribution in [0, 0.1) is 0 Å². The van der Waals surface area contributed by atoms with Crippen molar-refractivity contribution in [2.45, 2.75) is 19.4 Å². The van der Waals surface area contributed by atoms with Crippen molar-refractivity contribution < 1.29 is 23.8 Å². The second kappa shape index (κ2) is 8.69. The van der Waals surface area contributed by atoms with Crippen LogP contribution < -0.4 is 0 Å². The predicted molar refractivity (Wildman–Crippen MR) is 120 cm³/mol. The van der Waals surface area contributed by atoms with Gasteiger partial charge in [-0.05, 0) is 41.8 Å². The summed E-state index contributed by atoms with van der Waals surface area (Å²) < 4.78 is 11.7. The molecule has 31 heavy (non-hydrogen) atoms. The minimum atomic E-state index is -0.721. The monoisotopic (exact) mass is 483 g/mol. The zero-order valence-electron chi connectivity index (χ0n) is 17.2. The van der Waals surface area contributed by atoms with Gasteiger partial charge in [-0.3, -0.25) is 9.59 Å². The van der Waals surface area contributed by atoms with Gasteiger partial charge in [0.2, 0.25) is 5.78 Å². The number of amides is 1. The minimum Gasteiger partial charge on any atom is -0.503 e. The third-order valence-electron chi connectivity index (χ3n) is 5.49. The zero-order chi connectivity index (χ0) is 22.1. The van der Waals surface area contributed by atoms with Crippen molar-refractivity contribution >= 4 is 38.6 Å². The molecule has 6 nitrogen and oxygen atoms in total. The van der Waals surface area contributed by atoms with Crippen molar-refractivity contribution in [2.24, 2.45) is 0 Å². The van der Waals surface area contributed by atoms with Crippen LogP contribution in [0.3, 0.4) is 0 Å². The fourth-order valence-corrected chi connectivity index (χ4v) is 4.23. The van der Waals surface area contributed by atoms with Gasteiger partial charge in [0, 0.05) is 23.5 Å². The molecule has 0 bridgehead atoms. The van der Waals surface area contributed by atoms with Gasteiger partial charge in [0.05, 0.1) is 18.2 Å². The summed E-state index contributed by atoms with van der Waals surface area (Å²) >= 11 is 3.41. The number of aliphatic hydroxyl groups is 1. The first-order valence-corrected chi connectivity index (χ1v) is 10.8. The summed E-state index contributed by atoms with van der Waals surface area (Å²) in [6.45, 7) is 2.58. The number of rotatable bonds is 7. The largest absolute Gasteiger partial charge is 0.503 e. The molecule has 3 aromatic rings. The molecule has 0 fully saturated rings. The highest BCUT2D eigenvalue weighted by atomic mass is 79.9. The Balaban J connectivity index is 1.78. The van der Waals surface area contributed by atoms with Crippen LogP contribution in [-0.4, -0.2) is 42.0 Å². The van der Waals surface area contributed by atoms with Crippen LogP contribution in [-0.2, 0) is 16.0 Å². The zero-order valence-corrected chi connectivity index (χ0v) is 18.8. The molecule has 160 valence electrons. The third kappa shape index (κ3) is 3.91. The third-order valence-corrected chi connectivity index (χ3v) is 5.98. The molecule has 1 aliphatic rings. The lowest BCUT2D eigenvalue weighted by Gasteiger charge is -2.26. The van der Waals surface area contributed by atoms with Crippen LogP contribution in [0.5, 0.6) is 0 Å². The molecular weight excluding hydrogens is 462 g/mol. The molecule has 2 heterocycles. The van der Waals surface area contributed by atoms with Crippen molar-refractivity contribution in [1.82, 2.24) is 4.90 Å². The van der Waals surface area contributed by atoms with Crippen LogP contribution >= 0.6 is 15.9 Å². The van der Waals surface area contributed by atoms with Gasteiger partial charge in [-0.1, -0.05) is 47.1 Å². The molecule has 1 atom stereocenters. The van der Waals surface area contributed by atoms with E-state index in [2.05, 4.69) is 22.9 Å². The van der Waals surface area contributed by atoms with Gasteiger partial charge >= 0.3 is 0 Å². The van der Waals surface area contributed by atoms with Crippen LogP contribution in [0.15, 0.2) is 68.8 Å². The van der Waals surface area contributed by atoms with Crippen LogP contribution in [0.25, 0.3) is 11.0 Å². The SMILES string of the molecule is CCc1ccc(C2C(C(=O)c3cc4cc(Br)ccc4o3)=C(O)C(=O)N2CCOC)cc1. The van der Waals surface area contributed by atoms with Crippen LogP contribution in [0.1, 0.15) is 34.6 Å². The van der Waals surface area contributed by atoms with E-state index in [-0.39, 0.29) is 24.5 Å². The topological polar surface area (TPSA) is 80.0 Å². The molecule has 1 unspecified atom stereocenters. The number of aliphatic hydroxyl groups excluding tert-OH is 1. The van der Waals surface area contributed by atoms with E-state index in [4.69, 9.17) is 9.15 Å². The van der Waals surface area contributed by atoms with Crippen molar-refractivity contribution in [1.29, 1.82) is 0 Å². The molecule has 1 amide bonds. The molecular formula is C24H22BrNO5. The maximum absolute atomic E-state index is 13.5. The normalized spacial score (nSPS) is 16.5. The molecule has 0 aliphatic carbocycles. The number of hydrogen-bond donors (Lipinski definition) is 1. The number of halogens is 1. The fourth-order valence-electron chi connectivity index (χ4n) is 3.85. The number of ketones is 1. The fraction of sp³-hybridized carbons (Fsp3) is 0.250. The molecule has 7 heteroatoms. The highest BCUT2D eigenvalue weighted by Gasteiger charge is 2.44.